The predicted molar refractivity (Wildman–Crippen MR) is 210 cm³/mol. The number of carbonyl (C=O) groups excluding carboxylic acids is 2. The molecule has 1 aromatic heterocycles. The van der Waals surface area contributed by atoms with Gasteiger partial charge < -0.3 is 28.3 Å². The molecule has 0 spiro atoms. The standard InChI is InChI=1S/C42H47BrN2O8Si/c1-41(2,3)54(7,8)53-42-28(34(45(4)5)37-33(39(42)48)40(44-52-37)51-23-25-17-13-10-14-18-25)20-26-19-27-30(49-6)21-29(43)36(32(27)35(46)31(26)38(42)47)50-22-24-15-11-9-12-16-24/h9-18,21,26,28,34,46H,19-20,22-23H2,1-8H3/t26-,28-,34-,42-/m0/s1. The van der Waals surface area contributed by atoms with Crippen LogP contribution in [0.2, 0.25) is 18.1 Å². The number of fused-ring (bicyclic) bond motifs is 4. The Morgan fingerprint density at radius 1 is 0.963 bits per heavy atom. The van der Waals surface area contributed by atoms with E-state index in [2.05, 4.69) is 41.9 Å². The summed E-state index contributed by atoms with van der Waals surface area (Å²) in [5.41, 5.74) is 1.15. The fourth-order valence-corrected chi connectivity index (χ4v) is 9.97. The van der Waals surface area contributed by atoms with E-state index < -0.39 is 43.4 Å². The first kappa shape index (κ1) is 38.1. The number of ether oxygens (including phenoxy) is 3. The Balaban J connectivity index is 1.42. The van der Waals surface area contributed by atoms with E-state index >= 15 is 9.59 Å². The molecular weight excluding hydrogens is 768 g/mol. The molecule has 10 nitrogen and oxygen atoms in total. The maximum Gasteiger partial charge on any atom is 0.265 e. The molecule has 0 amide bonds. The first-order chi connectivity index (χ1) is 25.6. The molecule has 1 N–H and O–H groups in total. The second-order valence-electron chi connectivity index (χ2n) is 16.2. The maximum atomic E-state index is 15.7. The lowest BCUT2D eigenvalue weighted by Crippen LogP contribution is -2.68. The van der Waals surface area contributed by atoms with Crippen LogP contribution in [0.4, 0.5) is 0 Å². The molecule has 1 saturated carbocycles. The van der Waals surface area contributed by atoms with E-state index in [1.807, 2.05) is 98.8 Å². The number of aliphatic hydroxyl groups excluding tert-OH is 1. The monoisotopic (exact) mass is 814 g/mol. The number of aromatic nitrogens is 1. The molecule has 3 aliphatic carbocycles. The molecular formula is C42H47BrN2O8Si. The lowest BCUT2D eigenvalue weighted by atomic mass is 9.57. The van der Waals surface area contributed by atoms with Crippen molar-refractivity contribution in [3.05, 3.63) is 110 Å². The highest BCUT2D eigenvalue weighted by molar-refractivity contribution is 9.10. The van der Waals surface area contributed by atoms with Gasteiger partial charge in [-0.3, -0.25) is 14.5 Å². The smallest absolute Gasteiger partial charge is 0.265 e. The molecule has 0 bridgehead atoms. The van der Waals surface area contributed by atoms with Gasteiger partial charge in [0.2, 0.25) is 11.6 Å². The average molecular weight is 816 g/mol. The zero-order valence-corrected chi connectivity index (χ0v) is 34.6. The zero-order chi connectivity index (χ0) is 38.7. The highest BCUT2D eigenvalue weighted by atomic mass is 79.9. The first-order valence-corrected chi connectivity index (χ1v) is 21.9. The number of aliphatic hydroxyl groups is 1. The number of halogens is 1. The van der Waals surface area contributed by atoms with Crippen molar-refractivity contribution in [2.75, 3.05) is 21.2 Å². The summed E-state index contributed by atoms with van der Waals surface area (Å²) in [6.07, 6.45) is 0.710. The second kappa shape index (κ2) is 14.1. The van der Waals surface area contributed by atoms with Crippen LogP contribution >= 0.6 is 15.9 Å². The lowest BCUT2D eigenvalue weighted by molar-refractivity contribution is -0.140. The molecule has 0 radical (unpaired) electrons. The van der Waals surface area contributed by atoms with E-state index in [-0.39, 0.29) is 41.0 Å². The number of benzene rings is 3. The number of carbonyl (C=O) groups is 2. The number of hydrogen-bond donors (Lipinski definition) is 1. The summed E-state index contributed by atoms with van der Waals surface area (Å²) in [6.45, 7) is 10.7. The van der Waals surface area contributed by atoms with Crippen molar-refractivity contribution < 1.29 is 37.9 Å². The summed E-state index contributed by atoms with van der Waals surface area (Å²) >= 11 is 3.65. The molecule has 12 heteroatoms. The van der Waals surface area contributed by atoms with Gasteiger partial charge in [0.15, 0.2) is 19.7 Å². The Hall–Kier alpha value is -4.23. The van der Waals surface area contributed by atoms with Gasteiger partial charge in [-0.2, -0.15) is 0 Å². The van der Waals surface area contributed by atoms with Crippen LogP contribution in [-0.4, -0.2) is 61.9 Å². The lowest BCUT2D eigenvalue weighted by Gasteiger charge is -2.55. The van der Waals surface area contributed by atoms with Crippen LogP contribution < -0.4 is 14.2 Å². The molecule has 3 aromatic carbocycles. The van der Waals surface area contributed by atoms with Crippen LogP contribution in [0.25, 0.3) is 5.76 Å². The van der Waals surface area contributed by atoms with Gasteiger partial charge in [0, 0.05) is 17.1 Å². The van der Waals surface area contributed by atoms with Gasteiger partial charge in [-0.05, 0) is 89.3 Å². The molecule has 284 valence electrons. The molecule has 0 saturated heterocycles. The predicted octanol–water partition coefficient (Wildman–Crippen LogP) is 8.89. The Kier molecular flexibility index (Phi) is 9.95. The molecule has 4 aromatic rings. The van der Waals surface area contributed by atoms with Gasteiger partial charge in [0.25, 0.3) is 5.88 Å². The fraction of sp³-hybridized carbons (Fsp3) is 0.405. The van der Waals surface area contributed by atoms with Gasteiger partial charge in [-0.1, -0.05) is 81.4 Å². The Morgan fingerprint density at radius 2 is 1.57 bits per heavy atom. The van der Waals surface area contributed by atoms with Crippen molar-refractivity contribution in [3.8, 4) is 17.4 Å². The molecule has 1 fully saturated rings. The van der Waals surface area contributed by atoms with Crippen molar-refractivity contribution in [1.82, 2.24) is 10.1 Å². The minimum absolute atomic E-state index is 0.00902. The second-order valence-corrected chi connectivity index (χ2v) is 21.8. The fourth-order valence-electron chi connectivity index (χ4n) is 8.00. The molecule has 3 aliphatic rings. The van der Waals surface area contributed by atoms with E-state index in [1.165, 1.54) is 0 Å². The summed E-state index contributed by atoms with van der Waals surface area (Å²) in [4.78, 5) is 33.2. The van der Waals surface area contributed by atoms with Crippen molar-refractivity contribution >= 4 is 41.6 Å². The zero-order valence-electron chi connectivity index (χ0n) is 32.0. The molecule has 4 atom stereocenters. The Morgan fingerprint density at radius 3 is 2.15 bits per heavy atom. The summed E-state index contributed by atoms with van der Waals surface area (Å²) < 4.78 is 32.2. The largest absolute Gasteiger partial charge is 0.507 e. The van der Waals surface area contributed by atoms with Crippen molar-refractivity contribution in [2.24, 2.45) is 11.8 Å². The summed E-state index contributed by atoms with van der Waals surface area (Å²) in [7, 11) is 2.49. The quantitative estimate of drug-likeness (QED) is 0.123. The van der Waals surface area contributed by atoms with Crippen LogP contribution in [0.5, 0.6) is 17.4 Å². The van der Waals surface area contributed by atoms with E-state index in [0.717, 1.165) is 16.7 Å². The van der Waals surface area contributed by atoms with E-state index in [9.17, 15) is 5.11 Å². The molecule has 7 rings (SSSR count). The molecule has 0 aliphatic heterocycles. The van der Waals surface area contributed by atoms with E-state index in [4.69, 9.17) is 23.2 Å². The van der Waals surface area contributed by atoms with Crippen LogP contribution in [0, 0.1) is 11.8 Å². The number of methoxy groups -OCH3 is 1. The third-order valence-electron chi connectivity index (χ3n) is 11.6. The summed E-state index contributed by atoms with van der Waals surface area (Å²) in [5, 5.41) is 16.4. The minimum atomic E-state index is -2.89. The number of hydrogen-bond acceptors (Lipinski definition) is 10. The van der Waals surface area contributed by atoms with Gasteiger partial charge in [-0.15, -0.1) is 0 Å². The van der Waals surface area contributed by atoms with Crippen LogP contribution in [0.15, 0.2) is 81.3 Å². The van der Waals surface area contributed by atoms with E-state index in [1.54, 1.807) is 7.11 Å². The summed E-state index contributed by atoms with van der Waals surface area (Å²) in [6, 6.07) is 20.5. The minimum Gasteiger partial charge on any atom is -0.507 e. The van der Waals surface area contributed by atoms with Gasteiger partial charge in [0.1, 0.15) is 36.0 Å². The molecule has 0 unspecified atom stereocenters. The highest BCUT2D eigenvalue weighted by Gasteiger charge is 2.69. The first-order valence-electron chi connectivity index (χ1n) is 18.2. The van der Waals surface area contributed by atoms with Crippen molar-refractivity contribution in [3.63, 3.8) is 0 Å². The normalized spacial score (nSPS) is 22.4. The maximum absolute atomic E-state index is 15.7. The van der Waals surface area contributed by atoms with Gasteiger partial charge >= 0.3 is 0 Å². The Bertz CT molecular complexity index is 2120. The van der Waals surface area contributed by atoms with Gasteiger partial charge in [0.05, 0.1) is 23.2 Å². The van der Waals surface area contributed by atoms with Crippen LogP contribution in [0.3, 0.4) is 0 Å². The number of Topliss-reactive ketones (excluding diaryl/α,β-unsaturated/α-hetero) is 2. The highest BCUT2D eigenvalue weighted by Crippen LogP contribution is 2.60. The third kappa shape index (κ3) is 6.20. The van der Waals surface area contributed by atoms with E-state index in [0.29, 0.717) is 40.1 Å². The third-order valence-corrected chi connectivity index (χ3v) is 16.7. The van der Waals surface area contributed by atoms with Crippen LogP contribution in [-0.2, 0) is 28.9 Å². The van der Waals surface area contributed by atoms with Gasteiger partial charge in [-0.25, -0.2) is 0 Å². The van der Waals surface area contributed by atoms with Crippen molar-refractivity contribution in [1.29, 1.82) is 0 Å². The topological polar surface area (TPSA) is 121 Å². The van der Waals surface area contributed by atoms with Crippen LogP contribution in [0.1, 0.15) is 71.6 Å². The number of ketones is 2. The average Bonchev–Trinajstić information content (AvgIpc) is 3.55. The number of nitrogens with zero attached hydrogens (tertiary/aromatic N) is 2. The number of rotatable bonds is 10. The molecule has 1 heterocycles. The SMILES string of the molecule is COc1cc(Br)c(OCc2ccccc2)c2c1C[C@H]1C[C@H]3[C@H](N(C)C)c4onc(OCc5ccccc5)c4C(=O)[C@@]3(O[Si](C)(C)C(C)(C)C)C(=O)C1=C2O. The summed E-state index contributed by atoms with van der Waals surface area (Å²) in [5.74, 6) is -1.21. The Labute approximate surface area is 325 Å². The van der Waals surface area contributed by atoms with Crippen molar-refractivity contribution in [2.45, 2.75) is 76.6 Å². The molecule has 54 heavy (non-hydrogen) atoms.